The van der Waals surface area contributed by atoms with Crippen molar-refractivity contribution >= 4 is 5.91 Å². The summed E-state index contributed by atoms with van der Waals surface area (Å²) in [7, 11) is 0. The Labute approximate surface area is 115 Å². The fourth-order valence-corrected chi connectivity index (χ4v) is 1.37. The predicted octanol–water partition coefficient (Wildman–Crippen LogP) is 2.07. The molecule has 4 heteroatoms. The van der Waals surface area contributed by atoms with E-state index >= 15 is 0 Å². The van der Waals surface area contributed by atoms with Crippen LogP contribution in [0.1, 0.15) is 33.3 Å². The molecule has 0 heterocycles. The van der Waals surface area contributed by atoms with E-state index in [1.807, 2.05) is 31.2 Å². The molecule has 0 aromatic heterocycles. The van der Waals surface area contributed by atoms with Crippen molar-refractivity contribution in [3.63, 3.8) is 0 Å². The molecule has 0 fully saturated rings. The average molecular weight is 264 g/mol. The zero-order valence-electron chi connectivity index (χ0n) is 12.2. The van der Waals surface area contributed by atoms with Crippen LogP contribution in [0.25, 0.3) is 0 Å². The van der Waals surface area contributed by atoms with Gasteiger partial charge in [0.05, 0.1) is 0 Å². The van der Waals surface area contributed by atoms with Crippen LogP contribution in [0.15, 0.2) is 24.3 Å². The quantitative estimate of drug-likeness (QED) is 0.855. The molecule has 19 heavy (non-hydrogen) atoms. The van der Waals surface area contributed by atoms with Crippen molar-refractivity contribution in [3.8, 4) is 5.75 Å². The lowest BCUT2D eigenvalue weighted by atomic mass is 9.88. The molecular weight excluding hydrogens is 240 g/mol. The first-order valence-corrected chi connectivity index (χ1v) is 6.54. The minimum absolute atomic E-state index is 0.0302. The van der Waals surface area contributed by atoms with E-state index in [1.165, 1.54) is 0 Å². The molecule has 1 rings (SSSR count). The fraction of sp³-hybridized carbons (Fsp3) is 0.533. The van der Waals surface area contributed by atoms with E-state index in [2.05, 4.69) is 26.1 Å². The monoisotopic (exact) mass is 264 g/mol. The summed E-state index contributed by atoms with van der Waals surface area (Å²) >= 11 is 0. The summed E-state index contributed by atoms with van der Waals surface area (Å²) in [6.07, 6.45) is 0. The molecule has 0 aliphatic carbocycles. The van der Waals surface area contributed by atoms with Crippen molar-refractivity contribution in [1.82, 2.24) is 5.32 Å². The van der Waals surface area contributed by atoms with Crippen LogP contribution in [0.3, 0.4) is 0 Å². The topological polar surface area (TPSA) is 64.3 Å². The van der Waals surface area contributed by atoms with Gasteiger partial charge in [-0.15, -0.1) is 0 Å². The molecule has 0 radical (unpaired) electrons. The van der Waals surface area contributed by atoms with Crippen LogP contribution in [0.2, 0.25) is 0 Å². The van der Waals surface area contributed by atoms with Crippen molar-refractivity contribution in [1.29, 1.82) is 0 Å². The van der Waals surface area contributed by atoms with Gasteiger partial charge in [0.1, 0.15) is 5.75 Å². The van der Waals surface area contributed by atoms with Crippen LogP contribution < -0.4 is 15.8 Å². The number of nitrogens with one attached hydrogen (secondary N) is 1. The predicted molar refractivity (Wildman–Crippen MR) is 76.9 cm³/mol. The fourth-order valence-electron chi connectivity index (χ4n) is 1.37. The molecule has 0 bridgehead atoms. The Hall–Kier alpha value is -1.55. The van der Waals surface area contributed by atoms with Crippen LogP contribution in [0.4, 0.5) is 0 Å². The van der Waals surface area contributed by atoms with Gasteiger partial charge < -0.3 is 15.8 Å². The summed E-state index contributed by atoms with van der Waals surface area (Å²) in [5, 5.41) is 2.93. The molecule has 0 saturated carbocycles. The Morgan fingerprint density at radius 1 is 1.32 bits per heavy atom. The number of carbonyl (C=O) groups is 1. The molecule has 1 unspecified atom stereocenters. The average Bonchev–Trinajstić information content (AvgIpc) is 2.35. The lowest BCUT2D eigenvalue weighted by Crippen LogP contribution is -2.43. The van der Waals surface area contributed by atoms with Crippen molar-refractivity contribution in [2.75, 3.05) is 6.61 Å². The zero-order valence-corrected chi connectivity index (χ0v) is 12.2. The van der Waals surface area contributed by atoms with Crippen molar-refractivity contribution < 1.29 is 9.53 Å². The molecule has 1 amide bonds. The van der Waals surface area contributed by atoms with Gasteiger partial charge in [-0.05, 0) is 30.0 Å². The molecule has 1 aromatic rings. The Morgan fingerprint density at radius 2 is 1.89 bits per heavy atom. The molecule has 1 atom stereocenters. The van der Waals surface area contributed by atoms with Crippen LogP contribution in [0.5, 0.6) is 5.75 Å². The second kappa shape index (κ2) is 6.57. The lowest BCUT2D eigenvalue weighted by Gasteiger charge is -2.28. The summed E-state index contributed by atoms with van der Waals surface area (Å²) in [4.78, 5) is 11.7. The number of carbonyl (C=O) groups excluding carboxylic acids is 1. The van der Waals surface area contributed by atoms with E-state index in [-0.39, 0.29) is 24.0 Å². The largest absolute Gasteiger partial charge is 0.484 e. The summed E-state index contributed by atoms with van der Waals surface area (Å²) < 4.78 is 5.43. The number of amides is 1. The van der Waals surface area contributed by atoms with Crippen LogP contribution in [0, 0.1) is 5.41 Å². The lowest BCUT2D eigenvalue weighted by molar-refractivity contribution is -0.124. The van der Waals surface area contributed by atoms with Gasteiger partial charge in [-0.25, -0.2) is 0 Å². The number of ether oxygens (including phenoxy) is 1. The molecule has 3 N–H and O–H groups in total. The molecule has 106 valence electrons. The van der Waals surface area contributed by atoms with Crippen molar-refractivity contribution in [2.24, 2.45) is 11.1 Å². The molecular formula is C15H24N2O2. The van der Waals surface area contributed by atoms with Crippen molar-refractivity contribution in [3.05, 3.63) is 29.8 Å². The Bertz CT molecular complexity index is 407. The first-order chi connectivity index (χ1) is 8.82. The summed E-state index contributed by atoms with van der Waals surface area (Å²) in [5.74, 6) is 0.570. The molecule has 4 nitrogen and oxygen atoms in total. The van der Waals surface area contributed by atoms with Gasteiger partial charge in [0.15, 0.2) is 6.61 Å². The van der Waals surface area contributed by atoms with E-state index in [9.17, 15) is 4.79 Å². The number of benzene rings is 1. The third-order valence-corrected chi connectivity index (χ3v) is 3.21. The summed E-state index contributed by atoms with van der Waals surface area (Å²) in [6.45, 7) is 8.79. The van der Waals surface area contributed by atoms with Gasteiger partial charge in [0.2, 0.25) is 0 Å². The Balaban J connectivity index is 2.41. The highest BCUT2D eigenvalue weighted by molar-refractivity contribution is 5.77. The third kappa shape index (κ3) is 5.30. The number of hydrogen-bond donors (Lipinski definition) is 2. The third-order valence-electron chi connectivity index (χ3n) is 3.21. The Morgan fingerprint density at radius 3 is 2.37 bits per heavy atom. The summed E-state index contributed by atoms with van der Waals surface area (Å²) in [5.41, 5.74) is 6.59. The van der Waals surface area contributed by atoms with Gasteiger partial charge in [0.25, 0.3) is 5.91 Å². The van der Waals surface area contributed by atoms with E-state index < -0.39 is 0 Å². The first-order valence-electron chi connectivity index (χ1n) is 6.54. The molecule has 0 spiro atoms. The summed E-state index contributed by atoms with van der Waals surface area (Å²) in [6, 6.07) is 7.53. The molecule has 0 saturated heterocycles. The van der Waals surface area contributed by atoms with E-state index in [0.29, 0.717) is 12.3 Å². The SMILES string of the molecule is CC(NC(=O)COc1ccc(CN)cc1)C(C)(C)C. The highest BCUT2D eigenvalue weighted by Gasteiger charge is 2.21. The maximum absolute atomic E-state index is 11.7. The molecule has 0 aliphatic rings. The highest BCUT2D eigenvalue weighted by Crippen LogP contribution is 2.18. The second-order valence-corrected chi connectivity index (χ2v) is 5.79. The van der Waals surface area contributed by atoms with E-state index in [1.54, 1.807) is 0 Å². The number of hydrogen-bond acceptors (Lipinski definition) is 3. The smallest absolute Gasteiger partial charge is 0.258 e. The number of nitrogens with two attached hydrogens (primary N) is 1. The maximum atomic E-state index is 11.7. The van der Waals surface area contributed by atoms with Gasteiger partial charge in [-0.1, -0.05) is 32.9 Å². The second-order valence-electron chi connectivity index (χ2n) is 5.79. The van der Waals surface area contributed by atoms with Crippen LogP contribution >= 0.6 is 0 Å². The van der Waals surface area contributed by atoms with E-state index in [0.717, 1.165) is 5.56 Å². The minimum atomic E-state index is -0.106. The zero-order chi connectivity index (χ0) is 14.5. The van der Waals surface area contributed by atoms with Gasteiger partial charge in [0, 0.05) is 12.6 Å². The highest BCUT2D eigenvalue weighted by atomic mass is 16.5. The van der Waals surface area contributed by atoms with Crippen molar-refractivity contribution in [2.45, 2.75) is 40.3 Å². The standard InChI is InChI=1S/C15H24N2O2/c1-11(15(2,3)4)17-14(18)10-19-13-7-5-12(9-16)6-8-13/h5-8,11H,9-10,16H2,1-4H3,(H,17,18). The number of rotatable bonds is 5. The Kier molecular flexibility index (Phi) is 5.36. The van der Waals surface area contributed by atoms with Crippen LogP contribution in [-0.4, -0.2) is 18.6 Å². The van der Waals surface area contributed by atoms with Gasteiger partial charge >= 0.3 is 0 Å². The maximum Gasteiger partial charge on any atom is 0.258 e. The minimum Gasteiger partial charge on any atom is -0.484 e. The van der Waals surface area contributed by atoms with Gasteiger partial charge in [-0.3, -0.25) is 4.79 Å². The van der Waals surface area contributed by atoms with Gasteiger partial charge in [-0.2, -0.15) is 0 Å². The first kappa shape index (κ1) is 15.5. The van der Waals surface area contributed by atoms with Crippen LogP contribution in [-0.2, 0) is 11.3 Å². The molecule has 0 aliphatic heterocycles. The van der Waals surface area contributed by atoms with E-state index in [4.69, 9.17) is 10.5 Å². The normalized spacial score (nSPS) is 12.9. The molecule has 1 aromatic carbocycles.